The molecule has 3 heterocycles. The minimum absolute atomic E-state index is 0.588. The first-order valence-corrected chi connectivity index (χ1v) is 6.31. The summed E-state index contributed by atoms with van der Waals surface area (Å²) in [5, 5.41) is 3.46. The fourth-order valence-electron chi connectivity index (χ4n) is 2.39. The minimum atomic E-state index is 0.588. The Labute approximate surface area is 103 Å². The monoisotopic (exact) mass is 232 g/mol. The zero-order valence-corrected chi connectivity index (χ0v) is 10.6. The second kappa shape index (κ2) is 5.27. The fourth-order valence-corrected chi connectivity index (χ4v) is 2.39. The van der Waals surface area contributed by atoms with Crippen molar-refractivity contribution in [3.05, 3.63) is 24.5 Å². The normalized spacial score (nSPS) is 25.4. The summed E-state index contributed by atoms with van der Waals surface area (Å²) in [7, 11) is 0. The van der Waals surface area contributed by atoms with Gasteiger partial charge in [0.1, 0.15) is 0 Å². The maximum Gasteiger partial charge on any atom is 0.225 e. The van der Waals surface area contributed by atoms with E-state index < -0.39 is 0 Å². The van der Waals surface area contributed by atoms with Gasteiger partial charge >= 0.3 is 0 Å². The maximum absolute atomic E-state index is 4.37. The average Bonchev–Trinajstić information content (AvgIpc) is 3.03. The third kappa shape index (κ3) is 2.31. The summed E-state index contributed by atoms with van der Waals surface area (Å²) in [5.41, 5.74) is 0.973. The van der Waals surface area contributed by atoms with Gasteiger partial charge in [-0.3, -0.25) is 0 Å². The zero-order valence-electron chi connectivity index (χ0n) is 10.6. The Bertz CT molecular complexity index is 374. The van der Waals surface area contributed by atoms with Crippen LogP contribution in [0.4, 0.5) is 5.95 Å². The molecule has 17 heavy (non-hydrogen) atoms. The van der Waals surface area contributed by atoms with Crippen molar-refractivity contribution in [2.45, 2.75) is 32.4 Å². The van der Waals surface area contributed by atoms with Crippen molar-refractivity contribution in [3.63, 3.8) is 0 Å². The summed E-state index contributed by atoms with van der Waals surface area (Å²) in [4.78, 5) is 11.0. The molecule has 2 saturated heterocycles. The SMILES string of the molecule is C=Cc1cnc(N2C[C@@H]3C[C@H]2CN3)nc1.CC. The van der Waals surface area contributed by atoms with E-state index in [9.17, 15) is 0 Å². The first kappa shape index (κ1) is 12.0. The van der Waals surface area contributed by atoms with E-state index in [1.54, 1.807) is 6.08 Å². The molecule has 2 bridgehead atoms. The molecular formula is C13H20N4. The molecule has 1 aromatic heterocycles. The molecule has 0 spiro atoms. The van der Waals surface area contributed by atoms with Crippen LogP contribution in [-0.2, 0) is 0 Å². The number of aromatic nitrogens is 2. The Morgan fingerprint density at radius 3 is 2.59 bits per heavy atom. The zero-order chi connectivity index (χ0) is 12.3. The highest BCUT2D eigenvalue weighted by atomic mass is 15.3. The second-order valence-electron chi connectivity index (χ2n) is 4.17. The summed E-state index contributed by atoms with van der Waals surface area (Å²) in [5.74, 6) is 0.856. The highest BCUT2D eigenvalue weighted by molar-refractivity contribution is 5.46. The fraction of sp³-hybridized carbons (Fsp3) is 0.538. The van der Waals surface area contributed by atoms with Gasteiger partial charge in [-0.25, -0.2) is 9.97 Å². The van der Waals surface area contributed by atoms with Gasteiger partial charge < -0.3 is 10.2 Å². The van der Waals surface area contributed by atoms with Crippen LogP contribution in [0.15, 0.2) is 19.0 Å². The van der Waals surface area contributed by atoms with Gasteiger partial charge in [-0.15, -0.1) is 0 Å². The van der Waals surface area contributed by atoms with Crippen molar-refractivity contribution in [2.75, 3.05) is 18.0 Å². The number of nitrogens with zero attached hydrogens (tertiary/aromatic N) is 3. The van der Waals surface area contributed by atoms with Crippen molar-refractivity contribution in [2.24, 2.45) is 0 Å². The number of hydrogen-bond donors (Lipinski definition) is 1. The average molecular weight is 232 g/mol. The number of fused-ring (bicyclic) bond motifs is 2. The highest BCUT2D eigenvalue weighted by Gasteiger charge is 2.38. The molecule has 4 heteroatoms. The predicted molar refractivity (Wildman–Crippen MR) is 71.0 cm³/mol. The molecule has 2 aliphatic rings. The van der Waals surface area contributed by atoms with Crippen LogP contribution in [0, 0.1) is 0 Å². The quantitative estimate of drug-likeness (QED) is 0.842. The lowest BCUT2D eigenvalue weighted by Gasteiger charge is -2.27. The van der Waals surface area contributed by atoms with Gasteiger partial charge in [-0.2, -0.15) is 0 Å². The minimum Gasteiger partial charge on any atom is -0.335 e. The van der Waals surface area contributed by atoms with Crippen LogP contribution >= 0.6 is 0 Å². The molecule has 0 aliphatic carbocycles. The smallest absolute Gasteiger partial charge is 0.225 e. The lowest BCUT2D eigenvalue weighted by atomic mass is 10.2. The molecule has 2 fully saturated rings. The van der Waals surface area contributed by atoms with Gasteiger partial charge in [0, 0.05) is 43.1 Å². The van der Waals surface area contributed by atoms with Crippen LogP contribution in [0.25, 0.3) is 6.08 Å². The standard InChI is InChI=1S/C11H14N4.C2H6/c1-2-8-4-13-11(14-5-8)15-7-9-3-10(15)6-12-9;1-2/h2,4-5,9-10,12H,1,3,6-7H2;1-2H3/t9-,10-;/m0./s1. The largest absolute Gasteiger partial charge is 0.335 e. The molecule has 0 amide bonds. The van der Waals surface area contributed by atoms with E-state index in [1.807, 2.05) is 26.2 Å². The Kier molecular flexibility index (Phi) is 3.74. The third-order valence-corrected chi connectivity index (χ3v) is 3.21. The summed E-state index contributed by atoms with van der Waals surface area (Å²) < 4.78 is 0. The van der Waals surface area contributed by atoms with E-state index in [-0.39, 0.29) is 0 Å². The van der Waals surface area contributed by atoms with Crippen LogP contribution in [0.3, 0.4) is 0 Å². The predicted octanol–water partition coefficient (Wildman–Crippen LogP) is 1.70. The number of nitrogens with one attached hydrogen (secondary N) is 1. The molecule has 4 nitrogen and oxygen atoms in total. The summed E-state index contributed by atoms with van der Waals surface area (Å²) in [6.45, 7) is 9.80. The van der Waals surface area contributed by atoms with Crippen molar-refractivity contribution in [1.29, 1.82) is 0 Å². The topological polar surface area (TPSA) is 41.1 Å². The molecule has 0 radical (unpaired) electrons. The lowest BCUT2D eigenvalue weighted by Crippen LogP contribution is -2.44. The van der Waals surface area contributed by atoms with Crippen LogP contribution in [-0.4, -0.2) is 35.1 Å². The number of anilines is 1. The molecule has 0 aromatic carbocycles. The number of rotatable bonds is 2. The van der Waals surface area contributed by atoms with Crippen molar-refractivity contribution in [3.8, 4) is 0 Å². The van der Waals surface area contributed by atoms with Gasteiger partial charge in [-0.05, 0) is 6.42 Å². The van der Waals surface area contributed by atoms with Crippen LogP contribution < -0.4 is 10.2 Å². The first-order chi connectivity index (χ1) is 8.36. The Morgan fingerprint density at radius 1 is 1.41 bits per heavy atom. The van der Waals surface area contributed by atoms with E-state index in [1.165, 1.54) is 6.42 Å². The van der Waals surface area contributed by atoms with E-state index >= 15 is 0 Å². The number of piperazine rings is 1. The molecule has 0 unspecified atom stereocenters. The van der Waals surface area contributed by atoms with Crippen LogP contribution in [0.5, 0.6) is 0 Å². The van der Waals surface area contributed by atoms with Crippen LogP contribution in [0.2, 0.25) is 0 Å². The van der Waals surface area contributed by atoms with E-state index in [2.05, 4.69) is 26.8 Å². The molecule has 3 rings (SSSR count). The van der Waals surface area contributed by atoms with Crippen molar-refractivity contribution >= 4 is 12.0 Å². The molecular weight excluding hydrogens is 212 g/mol. The maximum atomic E-state index is 4.37. The Balaban J connectivity index is 0.000000514. The van der Waals surface area contributed by atoms with Gasteiger partial charge in [0.25, 0.3) is 0 Å². The van der Waals surface area contributed by atoms with E-state index in [0.717, 1.165) is 24.6 Å². The van der Waals surface area contributed by atoms with Crippen molar-refractivity contribution in [1.82, 2.24) is 15.3 Å². The molecule has 1 aromatic rings. The molecule has 92 valence electrons. The Hall–Kier alpha value is -1.42. The van der Waals surface area contributed by atoms with Gasteiger partial charge in [0.15, 0.2) is 0 Å². The summed E-state index contributed by atoms with van der Waals surface area (Å²) >= 11 is 0. The first-order valence-electron chi connectivity index (χ1n) is 6.31. The number of hydrogen-bond acceptors (Lipinski definition) is 4. The third-order valence-electron chi connectivity index (χ3n) is 3.21. The molecule has 0 saturated carbocycles. The molecule has 2 aliphatic heterocycles. The molecule has 1 N–H and O–H groups in total. The van der Waals surface area contributed by atoms with E-state index in [4.69, 9.17) is 0 Å². The molecule has 2 atom stereocenters. The van der Waals surface area contributed by atoms with Crippen LogP contribution in [0.1, 0.15) is 25.8 Å². The van der Waals surface area contributed by atoms with Gasteiger partial charge in [0.05, 0.1) is 0 Å². The van der Waals surface area contributed by atoms with E-state index in [0.29, 0.717) is 12.1 Å². The summed E-state index contributed by atoms with van der Waals surface area (Å²) in [6, 6.07) is 1.22. The lowest BCUT2D eigenvalue weighted by molar-refractivity contribution is 0.572. The highest BCUT2D eigenvalue weighted by Crippen LogP contribution is 2.26. The second-order valence-corrected chi connectivity index (χ2v) is 4.17. The Morgan fingerprint density at radius 2 is 2.12 bits per heavy atom. The van der Waals surface area contributed by atoms with Crippen molar-refractivity contribution < 1.29 is 0 Å². The summed E-state index contributed by atoms with van der Waals surface area (Å²) in [6.07, 6.45) is 6.65. The van der Waals surface area contributed by atoms with Gasteiger partial charge in [-0.1, -0.05) is 26.5 Å². The van der Waals surface area contributed by atoms with Gasteiger partial charge in [0.2, 0.25) is 5.95 Å².